The highest BCUT2D eigenvalue weighted by Crippen LogP contribution is 2.32. The van der Waals surface area contributed by atoms with Crippen LogP contribution in [-0.4, -0.2) is 18.7 Å². The highest BCUT2D eigenvalue weighted by atomic mass is 16.7. The Kier molecular flexibility index (Phi) is 2.99. The fourth-order valence-electron chi connectivity index (χ4n) is 1.82. The molecule has 1 heterocycles. The second-order valence-electron chi connectivity index (χ2n) is 3.99. The average Bonchev–Trinajstić information content (AvgIpc) is 2.63. The van der Waals surface area contributed by atoms with E-state index in [4.69, 9.17) is 9.47 Å². The van der Waals surface area contributed by atoms with Crippen molar-refractivity contribution in [2.45, 2.75) is 26.3 Å². The van der Waals surface area contributed by atoms with Crippen LogP contribution in [0.5, 0.6) is 11.5 Å². The number of hydrogen-bond donors (Lipinski definition) is 1. The summed E-state index contributed by atoms with van der Waals surface area (Å²) in [5, 5.41) is 2.85. The maximum absolute atomic E-state index is 10.9. The summed E-state index contributed by atoms with van der Waals surface area (Å²) in [6.45, 7) is 3.79. The third kappa shape index (κ3) is 2.45. The summed E-state index contributed by atoms with van der Waals surface area (Å²) in [7, 11) is 0. The van der Waals surface area contributed by atoms with Gasteiger partial charge in [0.05, 0.1) is 0 Å². The molecule has 0 aromatic heterocycles. The molecule has 0 fully saturated rings. The number of ether oxygens (including phenoxy) is 2. The van der Waals surface area contributed by atoms with Gasteiger partial charge in [0.2, 0.25) is 12.7 Å². The van der Waals surface area contributed by atoms with Crippen molar-refractivity contribution in [2.75, 3.05) is 6.79 Å². The average molecular weight is 221 g/mol. The molecule has 1 aliphatic rings. The number of amides is 1. The van der Waals surface area contributed by atoms with Gasteiger partial charge in [-0.15, -0.1) is 0 Å². The molecule has 1 aromatic carbocycles. The molecule has 86 valence electrons. The van der Waals surface area contributed by atoms with Crippen LogP contribution in [0.3, 0.4) is 0 Å². The second kappa shape index (κ2) is 4.43. The van der Waals surface area contributed by atoms with Gasteiger partial charge in [-0.25, -0.2) is 0 Å². The number of fused-ring (bicyclic) bond motifs is 1. The first-order valence-electron chi connectivity index (χ1n) is 5.31. The van der Waals surface area contributed by atoms with Gasteiger partial charge in [0.25, 0.3) is 0 Å². The zero-order valence-corrected chi connectivity index (χ0v) is 9.45. The fraction of sp³-hybridized carbons (Fsp3) is 0.417. The number of carbonyl (C=O) groups excluding carboxylic acids is 1. The molecule has 0 aliphatic carbocycles. The Bertz CT molecular complexity index is 403. The molecule has 2 rings (SSSR count). The third-order valence-electron chi connectivity index (χ3n) is 2.43. The van der Waals surface area contributed by atoms with Gasteiger partial charge in [-0.2, -0.15) is 0 Å². The van der Waals surface area contributed by atoms with Crippen LogP contribution in [0.25, 0.3) is 0 Å². The van der Waals surface area contributed by atoms with E-state index in [9.17, 15) is 4.79 Å². The SMILES string of the molecule is CC(=O)N[C@@H](C)Cc1ccc2c(c1)OCO2. The minimum absolute atomic E-state index is 0.00626. The van der Waals surface area contributed by atoms with E-state index in [1.165, 1.54) is 6.92 Å². The lowest BCUT2D eigenvalue weighted by Crippen LogP contribution is -2.31. The zero-order chi connectivity index (χ0) is 11.5. The maximum atomic E-state index is 10.9. The highest BCUT2D eigenvalue weighted by molar-refractivity contribution is 5.73. The first-order valence-corrected chi connectivity index (χ1v) is 5.31. The summed E-state index contributed by atoms with van der Waals surface area (Å²) in [4.78, 5) is 10.9. The van der Waals surface area contributed by atoms with Crippen LogP contribution in [-0.2, 0) is 11.2 Å². The van der Waals surface area contributed by atoms with Gasteiger partial charge >= 0.3 is 0 Å². The first-order chi connectivity index (χ1) is 7.65. The normalized spacial score (nSPS) is 14.6. The van der Waals surface area contributed by atoms with E-state index < -0.39 is 0 Å². The van der Waals surface area contributed by atoms with E-state index in [1.807, 2.05) is 25.1 Å². The summed E-state index contributed by atoms with van der Waals surface area (Å²) >= 11 is 0. The molecule has 16 heavy (non-hydrogen) atoms. The maximum Gasteiger partial charge on any atom is 0.231 e. The topological polar surface area (TPSA) is 47.6 Å². The predicted octanol–water partition coefficient (Wildman–Crippen LogP) is 1.48. The van der Waals surface area contributed by atoms with Crippen LogP contribution in [0.15, 0.2) is 18.2 Å². The van der Waals surface area contributed by atoms with Crippen LogP contribution in [0.1, 0.15) is 19.4 Å². The lowest BCUT2D eigenvalue weighted by atomic mass is 10.1. The molecule has 1 aromatic rings. The molecule has 4 nitrogen and oxygen atoms in total. The molecule has 1 amide bonds. The summed E-state index contributed by atoms with van der Waals surface area (Å²) in [5.41, 5.74) is 1.13. The fourth-order valence-corrected chi connectivity index (χ4v) is 1.82. The van der Waals surface area contributed by atoms with Crippen LogP contribution in [0, 0.1) is 0 Å². The predicted molar refractivity (Wildman–Crippen MR) is 59.5 cm³/mol. The molecule has 1 N–H and O–H groups in total. The molecular formula is C12H15NO3. The van der Waals surface area contributed by atoms with Gasteiger partial charge in [-0.1, -0.05) is 6.07 Å². The van der Waals surface area contributed by atoms with Crippen molar-refractivity contribution in [3.05, 3.63) is 23.8 Å². The second-order valence-corrected chi connectivity index (χ2v) is 3.99. The summed E-state index contributed by atoms with van der Waals surface area (Å²) < 4.78 is 10.5. The van der Waals surface area contributed by atoms with Crippen LogP contribution in [0.2, 0.25) is 0 Å². The number of nitrogens with one attached hydrogen (secondary N) is 1. The Balaban J connectivity index is 2.02. The largest absolute Gasteiger partial charge is 0.454 e. The third-order valence-corrected chi connectivity index (χ3v) is 2.43. The van der Waals surface area contributed by atoms with E-state index in [0.717, 1.165) is 23.5 Å². The molecular weight excluding hydrogens is 206 g/mol. The summed E-state index contributed by atoms with van der Waals surface area (Å²) in [5.74, 6) is 1.57. The van der Waals surface area contributed by atoms with Crippen molar-refractivity contribution in [3.63, 3.8) is 0 Å². The smallest absolute Gasteiger partial charge is 0.231 e. The first kappa shape index (κ1) is 10.8. The number of carbonyl (C=O) groups is 1. The number of benzene rings is 1. The number of rotatable bonds is 3. The monoisotopic (exact) mass is 221 g/mol. The van der Waals surface area contributed by atoms with Crippen molar-refractivity contribution in [3.8, 4) is 11.5 Å². The Morgan fingerprint density at radius 2 is 2.19 bits per heavy atom. The Labute approximate surface area is 94.6 Å². The molecule has 0 bridgehead atoms. The van der Waals surface area contributed by atoms with Crippen molar-refractivity contribution in [1.82, 2.24) is 5.32 Å². The van der Waals surface area contributed by atoms with Crippen LogP contribution in [0.4, 0.5) is 0 Å². The lowest BCUT2D eigenvalue weighted by molar-refractivity contribution is -0.119. The minimum Gasteiger partial charge on any atom is -0.454 e. The van der Waals surface area contributed by atoms with Crippen molar-refractivity contribution < 1.29 is 14.3 Å². The van der Waals surface area contributed by atoms with Crippen molar-refractivity contribution >= 4 is 5.91 Å². The van der Waals surface area contributed by atoms with Crippen LogP contribution < -0.4 is 14.8 Å². The van der Waals surface area contributed by atoms with E-state index in [-0.39, 0.29) is 11.9 Å². The molecule has 0 saturated carbocycles. The Morgan fingerprint density at radius 3 is 2.94 bits per heavy atom. The summed E-state index contributed by atoms with van der Waals surface area (Å²) in [6.07, 6.45) is 0.788. The van der Waals surface area contributed by atoms with Gasteiger partial charge in [0.15, 0.2) is 11.5 Å². The molecule has 0 unspecified atom stereocenters. The Morgan fingerprint density at radius 1 is 1.44 bits per heavy atom. The molecule has 1 atom stereocenters. The highest BCUT2D eigenvalue weighted by Gasteiger charge is 2.14. The van der Waals surface area contributed by atoms with E-state index in [0.29, 0.717) is 6.79 Å². The zero-order valence-electron chi connectivity index (χ0n) is 9.45. The molecule has 0 saturated heterocycles. The quantitative estimate of drug-likeness (QED) is 0.841. The van der Waals surface area contributed by atoms with Gasteiger partial charge in [0, 0.05) is 13.0 Å². The van der Waals surface area contributed by atoms with Gasteiger partial charge in [-0.3, -0.25) is 4.79 Å². The number of hydrogen-bond acceptors (Lipinski definition) is 3. The van der Waals surface area contributed by atoms with Gasteiger partial charge < -0.3 is 14.8 Å². The van der Waals surface area contributed by atoms with Gasteiger partial charge in [-0.05, 0) is 31.0 Å². The molecule has 0 spiro atoms. The molecule has 0 radical (unpaired) electrons. The minimum atomic E-state index is -0.00626. The Hall–Kier alpha value is -1.71. The van der Waals surface area contributed by atoms with E-state index in [2.05, 4.69) is 5.32 Å². The lowest BCUT2D eigenvalue weighted by Gasteiger charge is -2.12. The van der Waals surface area contributed by atoms with E-state index >= 15 is 0 Å². The molecule has 1 aliphatic heterocycles. The van der Waals surface area contributed by atoms with Crippen molar-refractivity contribution in [1.29, 1.82) is 0 Å². The standard InChI is InChI=1S/C12H15NO3/c1-8(13-9(2)14)5-10-3-4-11-12(6-10)16-7-15-11/h3-4,6,8H,5,7H2,1-2H3,(H,13,14)/t8-/m0/s1. The van der Waals surface area contributed by atoms with E-state index in [1.54, 1.807) is 0 Å². The van der Waals surface area contributed by atoms with Gasteiger partial charge in [0.1, 0.15) is 0 Å². The summed E-state index contributed by atoms with van der Waals surface area (Å²) in [6, 6.07) is 5.97. The molecule has 4 heteroatoms. The van der Waals surface area contributed by atoms with Crippen molar-refractivity contribution in [2.24, 2.45) is 0 Å². The van der Waals surface area contributed by atoms with Crippen LogP contribution >= 0.6 is 0 Å².